The SMILES string of the molecule is COc1ccc(CNc2ncnc3c2c(I)nn3C2CCN(C(=O)OC(C)(C)C)CC2)c(OC)c1. The van der Waals surface area contributed by atoms with Gasteiger partial charge in [-0.1, -0.05) is 0 Å². The Bertz CT molecular complexity index is 1200. The van der Waals surface area contributed by atoms with Gasteiger partial charge in [-0.2, -0.15) is 5.10 Å². The van der Waals surface area contributed by atoms with Gasteiger partial charge in [-0.05, 0) is 68.3 Å². The van der Waals surface area contributed by atoms with Crippen molar-refractivity contribution in [2.75, 3.05) is 32.6 Å². The molecule has 1 saturated heterocycles. The summed E-state index contributed by atoms with van der Waals surface area (Å²) < 4.78 is 19.1. The van der Waals surface area contributed by atoms with Crippen molar-refractivity contribution in [1.82, 2.24) is 24.6 Å². The van der Waals surface area contributed by atoms with Crippen molar-refractivity contribution in [3.8, 4) is 11.5 Å². The number of amides is 1. The van der Waals surface area contributed by atoms with Gasteiger partial charge < -0.3 is 24.4 Å². The zero-order valence-electron chi connectivity index (χ0n) is 20.7. The van der Waals surface area contributed by atoms with E-state index in [1.807, 2.05) is 43.7 Å². The van der Waals surface area contributed by atoms with Gasteiger partial charge in [0.05, 0.1) is 25.6 Å². The van der Waals surface area contributed by atoms with E-state index in [0.717, 1.165) is 50.5 Å². The molecular weight excluding hydrogens is 563 g/mol. The molecule has 1 N–H and O–H groups in total. The van der Waals surface area contributed by atoms with Gasteiger partial charge in [-0.15, -0.1) is 0 Å². The van der Waals surface area contributed by atoms with Crippen LogP contribution in [-0.2, 0) is 11.3 Å². The van der Waals surface area contributed by atoms with Crippen LogP contribution in [0.3, 0.4) is 0 Å². The van der Waals surface area contributed by atoms with Crippen molar-refractivity contribution >= 4 is 45.5 Å². The number of aromatic nitrogens is 4. The predicted molar refractivity (Wildman–Crippen MR) is 141 cm³/mol. The number of likely N-dealkylation sites (tertiary alicyclic amines) is 1. The molecule has 3 heterocycles. The molecule has 3 aromatic rings. The number of hydrogen-bond donors (Lipinski definition) is 1. The minimum Gasteiger partial charge on any atom is -0.497 e. The number of methoxy groups -OCH3 is 2. The van der Waals surface area contributed by atoms with E-state index in [-0.39, 0.29) is 12.1 Å². The van der Waals surface area contributed by atoms with E-state index in [1.165, 1.54) is 0 Å². The fourth-order valence-electron chi connectivity index (χ4n) is 4.12. The minimum atomic E-state index is -0.502. The lowest BCUT2D eigenvalue weighted by Gasteiger charge is -2.33. The van der Waals surface area contributed by atoms with Crippen LogP contribution in [0.2, 0.25) is 0 Å². The molecule has 188 valence electrons. The summed E-state index contributed by atoms with van der Waals surface area (Å²) in [7, 11) is 3.27. The van der Waals surface area contributed by atoms with Crippen LogP contribution in [0.4, 0.5) is 10.6 Å². The first-order chi connectivity index (χ1) is 16.7. The molecule has 0 spiro atoms. The van der Waals surface area contributed by atoms with Crippen molar-refractivity contribution in [1.29, 1.82) is 0 Å². The highest BCUT2D eigenvalue weighted by Gasteiger charge is 2.29. The first-order valence-corrected chi connectivity index (χ1v) is 12.6. The fraction of sp³-hybridized carbons (Fsp3) is 0.500. The molecule has 0 unspecified atom stereocenters. The van der Waals surface area contributed by atoms with Crippen LogP contribution < -0.4 is 14.8 Å². The first-order valence-electron chi connectivity index (χ1n) is 11.5. The van der Waals surface area contributed by atoms with E-state index in [1.54, 1.807) is 25.4 Å². The largest absolute Gasteiger partial charge is 0.497 e. The van der Waals surface area contributed by atoms with E-state index in [4.69, 9.17) is 19.3 Å². The zero-order valence-corrected chi connectivity index (χ0v) is 22.8. The monoisotopic (exact) mass is 594 g/mol. The highest BCUT2D eigenvalue weighted by molar-refractivity contribution is 14.1. The van der Waals surface area contributed by atoms with Crippen LogP contribution in [0.25, 0.3) is 11.0 Å². The van der Waals surface area contributed by atoms with Crippen LogP contribution in [0, 0.1) is 3.70 Å². The molecule has 1 aromatic carbocycles. The second-order valence-electron chi connectivity index (χ2n) is 9.39. The topological polar surface area (TPSA) is 104 Å². The first kappa shape index (κ1) is 25.3. The highest BCUT2D eigenvalue weighted by Crippen LogP contribution is 2.32. The number of carbonyl (C=O) groups excluding carboxylic acids is 1. The van der Waals surface area contributed by atoms with E-state index in [2.05, 4.69) is 37.9 Å². The molecule has 0 bridgehead atoms. The molecule has 1 aliphatic heterocycles. The molecule has 0 radical (unpaired) electrons. The van der Waals surface area contributed by atoms with Gasteiger partial charge in [0.1, 0.15) is 32.9 Å². The van der Waals surface area contributed by atoms with Gasteiger partial charge in [0.15, 0.2) is 5.65 Å². The molecular formula is C24H31IN6O4. The Labute approximate surface area is 218 Å². The van der Waals surface area contributed by atoms with Crippen LogP contribution in [0.1, 0.15) is 45.2 Å². The van der Waals surface area contributed by atoms with Gasteiger partial charge in [-0.25, -0.2) is 19.4 Å². The third kappa shape index (κ3) is 5.71. The molecule has 1 amide bonds. The zero-order chi connectivity index (χ0) is 25.2. The van der Waals surface area contributed by atoms with E-state index >= 15 is 0 Å². The lowest BCUT2D eigenvalue weighted by atomic mass is 10.1. The number of halogens is 1. The molecule has 1 fully saturated rings. The van der Waals surface area contributed by atoms with Gasteiger partial charge >= 0.3 is 6.09 Å². The number of nitrogens with one attached hydrogen (secondary N) is 1. The Morgan fingerprint density at radius 1 is 1.17 bits per heavy atom. The Balaban J connectivity index is 1.50. The molecule has 4 rings (SSSR count). The predicted octanol–water partition coefficient (Wildman–Crippen LogP) is 4.63. The van der Waals surface area contributed by atoms with Crippen molar-refractivity contribution in [2.45, 2.75) is 51.8 Å². The summed E-state index contributed by atoms with van der Waals surface area (Å²) in [5.74, 6) is 2.20. The van der Waals surface area contributed by atoms with Crippen LogP contribution in [0.15, 0.2) is 24.5 Å². The van der Waals surface area contributed by atoms with Crippen molar-refractivity contribution in [2.24, 2.45) is 0 Å². The van der Waals surface area contributed by atoms with E-state index < -0.39 is 5.60 Å². The highest BCUT2D eigenvalue weighted by atomic mass is 127. The third-order valence-electron chi connectivity index (χ3n) is 5.85. The Kier molecular flexibility index (Phi) is 7.53. The standard InChI is InChI=1S/C24H31IN6O4/c1-24(2,3)35-23(32)30-10-8-16(9-11-30)31-22-19(20(25)29-31)21(27-14-28-22)26-13-15-6-7-17(33-4)12-18(15)34-5/h6-7,12,14,16H,8-11,13H2,1-5H3,(H,26,27,28). The maximum absolute atomic E-state index is 12.4. The Morgan fingerprint density at radius 2 is 1.91 bits per heavy atom. The molecule has 11 heteroatoms. The summed E-state index contributed by atoms with van der Waals surface area (Å²) in [6, 6.07) is 5.87. The van der Waals surface area contributed by atoms with Gasteiger partial charge in [-0.3, -0.25) is 0 Å². The number of anilines is 1. The average Bonchev–Trinajstić information content (AvgIpc) is 3.18. The van der Waals surface area contributed by atoms with Crippen LogP contribution in [0.5, 0.6) is 11.5 Å². The summed E-state index contributed by atoms with van der Waals surface area (Å²) in [6.45, 7) is 7.40. The van der Waals surface area contributed by atoms with Gasteiger partial charge in [0.25, 0.3) is 0 Å². The number of ether oxygens (including phenoxy) is 3. The molecule has 35 heavy (non-hydrogen) atoms. The normalized spacial score (nSPS) is 14.7. The molecule has 10 nitrogen and oxygen atoms in total. The molecule has 1 aliphatic rings. The molecule has 0 saturated carbocycles. The Morgan fingerprint density at radius 3 is 2.57 bits per heavy atom. The van der Waals surface area contributed by atoms with Crippen molar-refractivity contribution in [3.05, 3.63) is 33.8 Å². The number of piperidine rings is 1. The number of nitrogens with zero attached hydrogens (tertiary/aromatic N) is 5. The summed E-state index contributed by atoms with van der Waals surface area (Å²) in [5, 5.41) is 9.10. The smallest absolute Gasteiger partial charge is 0.410 e. The maximum atomic E-state index is 12.4. The number of rotatable bonds is 6. The Hall–Kier alpha value is -2.83. The van der Waals surface area contributed by atoms with Gasteiger partial charge in [0, 0.05) is 31.3 Å². The number of benzene rings is 1. The fourth-order valence-corrected chi connectivity index (χ4v) is 4.85. The third-order valence-corrected chi connectivity index (χ3v) is 6.60. The summed E-state index contributed by atoms with van der Waals surface area (Å²) in [5.41, 5.74) is 1.26. The average molecular weight is 594 g/mol. The number of carbonyl (C=O) groups is 1. The molecule has 2 aromatic heterocycles. The lowest BCUT2D eigenvalue weighted by molar-refractivity contribution is 0.0186. The summed E-state index contributed by atoms with van der Waals surface area (Å²) in [4.78, 5) is 23.2. The summed E-state index contributed by atoms with van der Waals surface area (Å²) in [6.07, 6.45) is 2.85. The van der Waals surface area contributed by atoms with Crippen molar-refractivity contribution in [3.63, 3.8) is 0 Å². The van der Waals surface area contributed by atoms with E-state index in [9.17, 15) is 4.79 Å². The van der Waals surface area contributed by atoms with Crippen LogP contribution in [-0.4, -0.2) is 63.7 Å². The van der Waals surface area contributed by atoms with Crippen molar-refractivity contribution < 1.29 is 19.0 Å². The molecule has 0 atom stereocenters. The van der Waals surface area contributed by atoms with E-state index in [0.29, 0.717) is 19.6 Å². The number of hydrogen-bond acceptors (Lipinski definition) is 8. The lowest BCUT2D eigenvalue weighted by Crippen LogP contribution is -2.42. The van der Waals surface area contributed by atoms with Gasteiger partial charge in [0.2, 0.25) is 0 Å². The molecule has 0 aliphatic carbocycles. The minimum absolute atomic E-state index is 0.143. The maximum Gasteiger partial charge on any atom is 0.410 e. The second-order valence-corrected chi connectivity index (χ2v) is 10.4. The quantitative estimate of drug-likeness (QED) is 0.412. The summed E-state index contributed by atoms with van der Waals surface area (Å²) >= 11 is 2.23. The number of fused-ring (bicyclic) bond motifs is 1. The second kappa shape index (κ2) is 10.4. The van der Waals surface area contributed by atoms with Crippen LogP contribution >= 0.6 is 22.6 Å².